The molecule has 0 aliphatic carbocycles. The number of benzene rings is 3. The number of pyridine rings is 1. The quantitative estimate of drug-likeness (QED) is 0.316. The van der Waals surface area contributed by atoms with Gasteiger partial charge in [0.15, 0.2) is 11.5 Å². The van der Waals surface area contributed by atoms with Crippen LogP contribution in [0.15, 0.2) is 103 Å². The number of amides is 2. The van der Waals surface area contributed by atoms with Crippen LogP contribution in [0.2, 0.25) is 0 Å². The van der Waals surface area contributed by atoms with Crippen LogP contribution >= 0.6 is 0 Å². The van der Waals surface area contributed by atoms with Gasteiger partial charge < -0.3 is 19.7 Å². The fourth-order valence-corrected chi connectivity index (χ4v) is 4.27. The highest BCUT2D eigenvalue weighted by atomic mass is 16.5. The lowest BCUT2D eigenvalue weighted by Gasteiger charge is -2.32. The maximum Gasteiger partial charge on any atom is 0.247 e. The number of nitrogens with zero attached hydrogens (tertiary/aromatic N) is 2. The zero-order valence-corrected chi connectivity index (χ0v) is 21.5. The van der Waals surface area contributed by atoms with Crippen molar-refractivity contribution in [2.24, 2.45) is 0 Å². The van der Waals surface area contributed by atoms with Gasteiger partial charge in [0, 0.05) is 25.5 Å². The third kappa shape index (κ3) is 6.76. The maximum absolute atomic E-state index is 13.9. The predicted octanol–water partition coefficient (Wildman–Crippen LogP) is 4.73. The molecule has 0 aliphatic heterocycles. The van der Waals surface area contributed by atoms with Crippen LogP contribution in [-0.4, -0.2) is 35.9 Å². The molecular weight excluding hydrogens is 478 g/mol. The summed E-state index contributed by atoms with van der Waals surface area (Å²) in [6.07, 6.45) is 3.46. The van der Waals surface area contributed by atoms with Gasteiger partial charge in [-0.1, -0.05) is 66.7 Å². The zero-order valence-electron chi connectivity index (χ0n) is 21.5. The number of carbonyl (C=O) groups excluding carboxylic acids is 2. The van der Waals surface area contributed by atoms with Gasteiger partial charge in [0.05, 0.1) is 20.6 Å². The van der Waals surface area contributed by atoms with E-state index in [-0.39, 0.29) is 24.8 Å². The van der Waals surface area contributed by atoms with Gasteiger partial charge in [0.1, 0.15) is 6.04 Å². The number of hydrogen-bond donors (Lipinski definition) is 1. The molecule has 1 heterocycles. The Morgan fingerprint density at radius 2 is 1.45 bits per heavy atom. The van der Waals surface area contributed by atoms with E-state index in [1.54, 1.807) is 43.6 Å². The number of carbonyl (C=O) groups is 2. The molecule has 4 aromatic rings. The van der Waals surface area contributed by atoms with Crippen molar-refractivity contribution in [2.75, 3.05) is 14.2 Å². The molecule has 0 bridgehead atoms. The van der Waals surface area contributed by atoms with Gasteiger partial charge in [-0.15, -0.1) is 0 Å². The second-order valence-corrected chi connectivity index (χ2v) is 8.76. The van der Waals surface area contributed by atoms with E-state index in [0.717, 1.165) is 22.3 Å². The molecule has 7 nitrogen and oxygen atoms in total. The lowest BCUT2D eigenvalue weighted by Crippen LogP contribution is -2.43. The summed E-state index contributed by atoms with van der Waals surface area (Å²) in [7, 11) is 3.13. The maximum atomic E-state index is 13.9. The summed E-state index contributed by atoms with van der Waals surface area (Å²) in [5.74, 6) is 0.684. The molecule has 0 aliphatic rings. The smallest absolute Gasteiger partial charge is 0.247 e. The topological polar surface area (TPSA) is 80.8 Å². The van der Waals surface area contributed by atoms with E-state index in [0.29, 0.717) is 18.0 Å². The van der Waals surface area contributed by atoms with Crippen LogP contribution in [0.1, 0.15) is 28.3 Å². The number of nitrogens with one attached hydrogen (secondary N) is 1. The van der Waals surface area contributed by atoms with Gasteiger partial charge >= 0.3 is 0 Å². The second-order valence-electron chi connectivity index (χ2n) is 8.76. The van der Waals surface area contributed by atoms with E-state index >= 15 is 0 Å². The predicted molar refractivity (Wildman–Crippen MR) is 146 cm³/mol. The van der Waals surface area contributed by atoms with Crippen molar-refractivity contribution in [3.05, 3.63) is 126 Å². The van der Waals surface area contributed by atoms with Gasteiger partial charge in [-0.2, -0.15) is 0 Å². The molecule has 0 spiro atoms. The summed E-state index contributed by atoms with van der Waals surface area (Å²) in [6, 6.07) is 27.3. The van der Waals surface area contributed by atoms with Gasteiger partial charge in [0.25, 0.3) is 0 Å². The molecule has 7 heteroatoms. The summed E-state index contributed by atoms with van der Waals surface area (Å²) in [5, 5.41) is 3.02. The molecule has 1 aromatic heterocycles. The summed E-state index contributed by atoms with van der Waals surface area (Å²) in [5.41, 5.74) is 3.34. The molecule has 4 rings (SSSR count). The van der Waals surface area contributed by atoms with Crippen LogP contribution in [0.25, 0.3) is 0 Å². The molecular formula is C31H31N3O4. The first-order valence-corrected chi connectivity index (χ1v) is 12.3. The van der Waals surface area contributed by atoms with Crippen LogP contribution in [0.4, 0.5) is 0 Å². The Morgan fingerprint density at radius 1 is 0.789 bits per heavy atom. The van der Waals surface area contributed by atoms with Crippen molar-refractivity contribution in [3.8, 4) is 11.5 Å². The highest BCUT2D eigenvalue weighted by Gasteiger charge is 2.31. The third-order valence-corrected chi connectivity index (χ3v) is 6.21. The molecule has 1 atom stereocenters. The fourth-order valence-electron chi connectivity index (χ4n) is 4.27. The van der Waals surface area contributed by atoms with Crippen molar-refractivity contribution in [3.63, 3.8) is 0 Å². The highest BCUT2D eigenvalue weighted by molar-refractivity contribution is 5.89. The Bertz CT molecular complexity index is 1330. The molecule has 0 radical (unpaired) electrons. The number of hydrogen-bond acceptors (Lipinski definition) is 5. The highest BCUT2D eigenvalue weighted by Crippen LogP contribution is 2.29. The molecule has 1 N–H and O–H groups in total. The van der Waals surface area contributed by atoms with E-state index in [2.05, 4.69) is 10.3 Å². The van der Waals surface area contributed by atoms with Gasteiger partial charge in [0.2, 0.25) is 11.8 Å². The SMILES string of the molecule is COc1ccc(CC(=O)N(Cc2ccccc2)[C@H](C(=O)NCc2ccncc2)c2ccccc2)cc1OC. The molecule has 0 unspecified atom stereocenters. The number of aromatic nitrogens is 1. The van der Waals surface area contributed by atoms with Crippen LogP contribution in [-0.2, 0) is 29.1 Å². The van der Waals surface area contributed by atoms with Crippen LogP contribution in [0.3, 0.4) is 0 Å². The van der Waals surface area contributed by atoms with Crippen LogP contribution < -0.4 is 14.8 Å². The largest absolute Gasteiger partial charge is 0.493 e. The Kier molecular flexibility index (Phi) is 9.07. The molecule has 194 valence electrons. The lowest BCUT2D eigenvalue weighted by molar-refractivity contribution is -0.141. The lowest BCUT2D eigenvalue weighted by atomic mass is 10.0. The van der Waals surface area contributed by atoms with Gasteiger partial charge in [-0.25, -0.2) is 0 Å². The molecule has 0 saturated carbocycles. The molecule has 3 aromatic carbocycles. The Labute approximate surface area is 223 Å². The minimum absolute atomic E-state index is 0.0914. The molecule has 2 amide bonds. The summed E-state index contributed by atoms with van der Waals surface area (Å²) in [4.78, 5) is 33.3. The van der Waals surface area contributed by atoms with Gasteiger partial charge in [-0.05, 0) is 46.5 Å². The Hall–Kier alpha value is -4.65. The minimum atomic E-state index is -0.828. The fraction of sp³-hybridized carbons (Fsp3) is 0.194. The van der Waals surface area contributed by atoms with E-state index in [1.807, 2.05) is 78.9 Å². The standard InChI is InChI=1S/C31H31N3O4/c1-37-27-14-13-25(19-28(27)38-2)20-29(35)34(22-24-9-5-3-6-10-24)30(26-11-7-4-8-12-26)31(36)33-21-23-15-17-32-18-16-23/h3-19,30H,20-22H2,1-2H3,(H,33,36)/t30-/m0/s1. The monoisotopic (exact) mass is 509 g/mol. The molecule has 0 fully saturated rings. The first-order chi connectivity index (χ1) is 18.6. The number of rotatable bonds is 11. The number of ether oxygens (including phenoxy) is 2. The second kappa shape index (κ2) is 13.1. The van der Waals surface area contributed by atoms with Crippen LogP contribution in [0.5, 0.6) is 11.5 Å². The summed E-state index contributed by atoms with van der Waals surface area (Å²) < 4.78 is 10.8. The Morgan fingerprint density at radius 3 is 2.11 bits per heavy atom. The molecule has 0 saturated heterocycles. The zero-order chi connectivity index (χ0) is 26.7. The third-order valence-electron chi connectivity index (χ3n) is 6.21. The summed E-state index contributed by atoms with van der Waals surface area (Å²) >= 11 is 0. The van der Waals surface area contributed by atoms with Crippen molar-refractivity contribution < 1.29 is 19.1 Å². The summed E-state index contributed by atoms with van der Waals surface area (Å²) in [6.45, 7) is 0.600. The van der Waals surface area contributed by atoms with E-state index in [9.17, 15) is 9.59 Å². The van der Waals surface area contributed by atoms with Gasteiger partial charge in [-0.3, -0.25) is 14.6 Å². The average Bonchev–Trinajstić information content (AvgIpc) is 2.97. The molecule has 38 heavy (non-hydrogen) atoms. The normalized spacial score (nSPS) is 11.3. The first-order valence-electron chi connectivity index (χ1n) is 12.3. The van der Waals surface area contributed by atoms with Crippen molar-refractivity contribution in [2.45, 2.75) is 25.6 Å². The minimum Gasteiger partial charge on any atom is -0.493 e. The van der Waals surface area contributed by atoms with Crippen LogP contribution in [0, 0.1) is 0 Å². The first kappa shape index (κ1) is 26.4. The van der Waals surface area contributed by atoms with E-state index in [4.69, 9.17) is 9.47 Å². The average molecular weight is 510 g/mol. The van der Waals surface area contributed by atoms with Crippen molar-refractivity contribution in [1.82, 2.24) is 15.2 Å². The van der Waals surface area contributed by atoms with E-state index < -0.39 is 6.04 Å². The van der Waals surface area contributed by atoms with Crippen molar-refractivity contribution >= 4 is 11.8 Å². The van der Waals surface area contributed by atoms with Crippen molar-refractivity contribution in [1.29, 1.82) is 0 Å². The number of methoxy groups -OCH3 is 2. The Balaban J connectivity index is 1.67. The van der Waals surface area contributed by atoms with E-state index in [1.165, 1.54) is 0 Å².